The van der Waals surface area contributed by atoms with Crippen LogP contribution in [0.25, 0.3) is 0 Å². The molecule has 1 saturated heterocycles. The van der Waals surface area contributed by atoms with Crippen molar-refractivity contribution >= 4 is 11.8 Å². The number of aromatic nitrogens is 1. The Hall–Kier alpha value is -2.87. The normalized spacial score (nSPS) is 17.2. The first-order valence-electron chi connectivity index (χ1n) is 9.14. The van der Waals surface area contributed by atoms with Crippen molar-refractivity contribution in [1.82, 2.24) is 20.5 Å². The molecule has 1 aliphatic rings. The highest BCUT2D eigenvalue weighted by atomic mass is 19.2. The summed E-state index contributed by atoms with van der Waals surface area (Å²) < 4.78 is 26.6. The first-order valence-corrected chi connectivity index (χ1v) is 9.14. The fraction of sp³-hybridized carbons (Fsp3) is 0.350. The molecule has 148 valence electrons. The van der Waals surface area contributed by atoms with Gasteiger partial charge >= 0.3 is 0 Å². The lowest BCUT2D eigenvalue weighted by molar-refractivity contribution is -0.134. The maximum atomic E-state index is 13.5. The molecular weight excluding hydrogens is 366 g/mol. The van der Waals surface area contributed by atoms with Gasteiger partial charge in [-0.3, -0.25) is 19.5 Å². The minimum absolute atomic E-state index is 0.00253. The first-order chi connectivity index (χ1) is 13.5. The highest BCUT2D eigenvalue weighted by Crippen LogP contribution is 2.16. The molecule has 1 atom stereocenters. The number of halogens is 2. The molecule has 0 spiro atoms. The van der Waals surface area contributed by atoms with Crippen LogP contribution in [-0.4, -0.2) is 47.4 Å². The minimum atomic E-state index is -0.927. The second-order valence-electron chi connectivity index (χ2n) is 6.69. The fourth-order valence-electron chi connectivity index (χ4n) is 3.19. The van der Waals surface area contributed by atoms with E-state index in [1.54, 1.807) is 12.4 Å². The molecule has 1 aromatic heterocycles. The van der Waals surface area contributed by atoms with E-state index in [1.807, 2.05) is 17.0 Å². The Morgan fingerprint density at radius 3 is 2.86 bits per heavy atom. The van der Waals surface area contributed by atoms with Crippen LogP contribution < -0.4 is 10.6 Å². The summed E-state index contributed by atoms with van der Waals surface area (Å²) >= 11 is 0. The molecule has 0 unspecified atom stereocenters. The Morgan fingerprint density at radius 2 is 2.11 bits per heavy atom. The van der Waals surface area contributed by atoms with E-state index in [9.17, 15) is 18.4 Å². The van der Waals surface area contributed by atoms with Crippen LogP contribution in [-0.2, 0) is 22.6 Å². The van der Waals surface area contributed by atoms with Crippen LogP contribution >= 0.6 is 0 Å². The molecular formula is C20H22F2N4O2. The maximum absolute atomic E-state index is 13.5. The summed E-state index contributed by atoms with van der Waals surface area (Å²) in [5, 5.41) is 5.57. The van der Waals surface area contributed by atoms with Crippen molar-refractivity contribution in [2.24, 2.45) is 0 Å². The highest BCUT2D eigenvalue weighted by molar-refractivity contribution is 5.88. The van der Waals surface area contributed by atoms with Gasteiger partial charge in [0.2, 0.25) is 11.8 Å². The van der Waals surface area contributed by atoms with Crippen LogP contribution in [0.4, 0.5) is 8.78 Å². The summed E-state index contributed by atoms with van der Waals surface area (Å²) in [6.07, 6.45) is 4.08. The Morgan fingerprint density at radius 1 is 1.25 bits per heavy atom. The number of amides is 2. The maximum Gasteiger partial charge on any atom is 0.237 e. The second-order valence-corrected chi connectivity index (χ2v) is 6.69. The van der Waals surface area contributed by atoms with E-state index < -0.39 is 17.7 Å². The molecule has 2 heterocycles. The third kappa shape index (κ3) is 5.32. The van der Waals surface area contributed by atoms with Gasteiger partial charge in [-0.25, -0.2) is 8.78 Å². The van der Waals surface area contributed by atoms with E-state index in [1.165, 1.54) is 6.07 Å². The number of nitrogens with one attached hydrogen (secondary N) is 2. The highest BCUT2D eigenvalue weighted by Gasteiger charge is 2.31. The van der Waals surface area contributed by atoms with Gasteiger partial charge in [-0.05, 0) is 35.7 Å². The molecule has 0 bridgehead atoms. The van der Waals surface area contributed by atoms with E-state index in [0.29, 0.717) is 31.6 Å². The molecule has 6 nitrogen and oxygen atoms in total. The molecule has 0 saturated carbocycles. The second kappa shape index (κ2) is 9.36. The van der Waals surface area contributed by atoms with Gasteiger partial charge in [-0.2, -0.15) is 0 Å². The van der Waals surface area contributed by atoms with Crippen molar-refractivity contribution in [2.75, 3.05) is 19.6 Å². The number of benzene rings is 1. The SMILES string of the molecule is O=C(C[C@H]1C(=O)NCCN1Cc1ccc(F)c(F)c1)NCCc1cccnc1. The quantitative estimate of drug-likeness (QED) is 0.752. The van der Waals surface area contributed by atoms with Gasteiger partial charge in [0, 0.05) is 38.6 Å². The van der Waals surface area contributed by atoms with Crippen LogP contribution in [0.15, 0.2) is 42.7 Å². The molecule has 0 aliphatic carbocycles. The molecule has 1 aliphatic heterocycles. The molecule has 2 aromatic rings. The predicted molar refractivity (Wildman–Crippen MR) is 99.1 cm³/mol. The monoisotopic (exact) mass is 388 g/mol. The number of hydrogen-bond donors (Lipinski definition) is 2. The Labute approximate surface area is 162 Å². The molecule has 3 rings (SSSR count). The number of nitrogens with zero attached hydrogens (tertiary/aromatic N) is 2. The average molecular weight is 388 g/mol. The molecule has 0 radical (unpaired) electrons. The molecule has 28 heavy (non-hydrogen) atoms. The lowest BCUT2D eigenvalue weighted by Gasteiger charge is -2.34. The van der Waals surface area contributed by atoms with Crippen LogP contribution in [0.1, 0.15) is 17.5 Å². The van der Waals surface area contributed by atoms with Crippen molar-refractivity contribution < 1.29 is 18.4 Å². The third-order valence-electron chi connectivity index (χ3n) is 4.65. The molecule has 1 aromatic carbocycles. The fourth-order valence-corrected chi connectivity index (χ4v) is 3.19. The zero-order valence-corrected chi connectivity index (χ0v) is 15.3. The van der Waals surface area contributed by atoms with E-state index in [0.717, 1.165) is 17.7 Å². The van der Waals surface area contributed by atoms with Crippen LogP contribution in [0.2, 0.25) is 0 Å². The number of hydrogen-bond acceptors (Lipinski definition) is 4. The van der Waals surface area contributed by atoms with Crippen molar-refractivity contribution in [1.29, 1.82) is 0 Å². The van der Waals surface area contributed by atoms with Crippen LogP contribution in [0.5, 0.6) is 0 Å². The smallest absolute Gasteiger partial charge is 0.237 e. The summed E-state index contributed by atoms with van der Waals surface area (Å²) in [7, 11) is 0. The Bertz CT molecular complexity index is 832. The van der Waals surface area contributed by atoms with Gasteiger partial charge in [-0.1, -0.05) is 12.1 Å². The number of carbonyl (C=O) groups excluding carboxylic acids is 2. The number of rotatable bonds is 7. The van der Waals surface area contributed by atoms with E-state index in [4.69, 9.17) is 0 Å². The van der Waals surface area contributed by atoms with Crippen molar-refractivity contribution in [3.05, 3.63) is 65.5 Å². The minimum Gasteiger partial charge on any atom is -0.356 e. The van der Waals surface area contributed by atoms with Gasteiger partial charge < -0.3 is 10.6 Å². The Kier molecular flexibility index (Phi) is 6.65. The van der Waals surface area contributed by atoms with E-state index in [-0.39, 0.29) is 24.8 Å². The van der Waals surface area contributed by atoms with Crippen molar-refractivity contribution in [2.45, 2.75) is 25.4 Å². The van der Waals surface area contributed by atoms with Gasteiger partial charge in [0.25, 0.3) is 0 Å². The predicted octanol–water partition coefficient (Wildman–Crippen LogP) is 1.41. The van der Waals surface area contributed by atoms with Crippen LogP contribution in [0, 0.1) is 11.6 Å². The lowest BCUT2D eigenvalue weighted by atomic mass is 10.1. The molecule has 1 fully saturated rings. The summed E-state index contributed by atoms with van der Waals surface area (Å²) in [6, 6.07) is 6.77. The van der Waals surface area contributed by atoms with Crippen LogP contribution in [0.3, 0.4) is 0 Å². The number of pyridine rings is 1. The van der Waals surface area contributed by atoms with Gasteiger partial charge in [0.05, 0.1) is 12.5 Å². The standard InChI is InChI=1S/C20H22F2N4O2/c21-16-4-3-15(10-17(16)22)13-26-9-8-25-20(28)18(26)11-19(27)24-7-5-14-2-1-6-23-12-14/h1-4,6,10,12,18H,5,7-9,11,13H2,(H,24,27)(H,25,28)/t18-/m0/s1. The molecule has 2 N–H and O–H groups in total. The van der Waals surface area contributed by atoms with E-state index in [2.05, 4.69) is 15.6 Å². The summed E-state index contributed by atoms with van der Waals surface area (Å²) in [6.45, 7) is 1.68. The molecule has 2 amide bonds. The van der Waals surface area contributed by atoms with Gasteiger partial charge in [0.15, 0.2) is 11.6 Å². The molecule has 8 heteroatoms. The van der Waals surface area contributed by atoms with Gasteiger partial charge in [-0.15, -0.1) is 0 Å². The zero-order chi connectivity index (χ0) is 19.9. The summed E-state index contributed by atoms with van der Waals surface area (Å²) in [5.74, 6) is -2.31. The average Bonchev–Trinajstić information content (AvgIpc) is 2.68. The van der Waals surface area contributed by atoms with Crippen molar-refractivity contribution in [3.63, 3.8) is 0 Å². The van der Waals surface area contributed by atoms with Crippen molar-refractivity contribution in [3.8, 4) is 0 Å². The number of piperazine rings is 1. The topological polar surface area (TPSA) is 74.3 Å². The third-order valence-corrected chi connectivity index (χ3v) is 4.65. The largest absolute Gasteiger partial charge is 0.356 e. The number of carbonyl (C=O) groups is 2. The van der Waals surface area contributed by atoms with Gasteiger partial charge in [0.1, 0.15) is 0 Å². The summed E-state index contributed by atoms with van der Waals surface area (Å²) in [4.78, 5) is 30.4. The van der Waals surface area contributed by atoms with E-state index >= 15 is 0 Å². The lowest BCUT2D eigenvalue weighted by Crippen LogP contribution is -2.56. The summed E-state index contributed by atoms with van der Waals surface area (Å²) in [5.41, 5.74) is 1.56. The Balaban J connectivity index is 1.56. The zero-order valence-electron chi connectivity index (χ0n) is 15.3. The first kappa shape index (κ1) is 19.9.